The lowest BCUT2D eigenvalue weighted by Crippen LogP contribution is -2.36. The van der Waals surface area contributed by atoms with Gasteiger partial charge in [-0.05, 0) is 31.1 Å². The van der Waals surface area contributed by atoms with Gasteiger partial charge in [0.15, 0.2) is 0 Å². The topological polar surface area (TPSA) is 0 Å². The van der Waals surface area contributed by atoms with E-state index < -0.39 is 18.5 Å². The molecule has 0 unspecified atom stereocenters. The van der Waals surface area contributed by atoms with Crippen LogP contribution in [0.4, 0.5) is 22.0 Å². The van der Waals surface area contributed by atoms with Gasteiger partial charge >= 0.3 is 12.1 Å². The van der Waals surface area contributed by atoms with Crippen LogP contribution in [0.5, 0.6) is 0 Å². The summed E-state index contributed by atoms with van der Waals surface area (Å²) < 4.78 is 61.4. The van der Waals surface area contributed by atoms with Crippen molar-refractivity contribution < 1.29 is 22.0 Å². The normalized spacial score (nSPS) is 13.9. The quantitative estimate of drug-likeness (QED) is 0.271. The molecule has 0 aliphatic rings. The molecular weight excluding hydrogens is 287 g/mol. The minimum absolute atomic E-state index is 0.116. The van der Waals surface area contributed by atoms with Crippen molar-refractivity contribution in [3.8, 4) is 0 Å². The van der Waals surface area contributed by atoms with E-state index in [0.717, 1.165) is 25.7 Å². The second-order valence-corrected chi connectivity index (χ2v) is 6.10. The van der Waals surface area contributed by atoms with Crippen LogP contribution in [0.3, 0.4) is 0 Å². The van der Waals surface area contributed by atoms with Crippen LogP contribution >= 0.6 is 11.6 Å². The standard InChI is InChI=1S/C13H22ClF5/c1-11(2,7-4-3-5-10-14)8-6-9-12(15,16)13(17,18)19/h3-10H2,1-2H3. The Balaban J connectivity index is 3.98. The van der Waals surface area contributed by atoms with Crippen molar-refractivity contribution in [3.05, 3.63) is 0 Å². The highest BCUT2D eigenvalue weighted by Crippen LogP contribution is 2.40. The number of unbranched alkanes of at least 4 members (excludes halogenated alkanes) is 2. The highest BCUT2D eigenvalue weighted by molar-refractivity contribution is 6.17. The molecule has 0 nitrogen and oxygen atoms in total. The summed E-state index contributed by atoms with van der Waals surface area (Å²) in [6.07, 6.45) is -2.68. The van der Waals surface area contributed by atoms with Gasteiger partial charge in [0.2, 0.25) is 0 Å². The van der Waals surface area contributed by atoms with Crippen LogP contribution in [-0.2, 0) is 0 Å². The van der Waals surface area contributed by atoms with Crippen LogP contribution < -0.4 is 0 Å². The zero-order valence-corrected chi connectivity index (χ0v) is 12.2. The third-order valence-electron chi connectivity index (χ3n) is 3.25. The van der Waals surface area contributed by atoms with Gasteiger partial charge in [-0.15, -0.1) is 11.6 Å². The van der Waals surface area contributed by atoms with E-state index in [0.29, 0.717) is 12.3 Å². The van der Waals surface area contributed by atoms with Crippen LogP contribution in [0, 0.1) is 5.41 Å². The number of alkyl halides is 6. The van der Waals surface area contributed by atoms with E-state index in [4.69, 9.17) is 11.6 Å². The fourth-order valence-electron chi connectivity index (χ4n) is 1.93. The highest BCUT2D eigenvalue weighted by Gasteiger charge is 2.56. The molecule has 0 spiro atoms. The largest absolute Gasteiger partial charge is 0.453 e. The first-order valence-corrected chi connectivity index (χ1v) is 7.06. The second-order valence-electron chi connectivity index (χ2n) is 5.72. The molecule has 0 rings (SSSR count). The summed E-state index contributed by atoms with van der Waals surface area (Å²) in [4.78, 5) is 0. The molecular formula is C13H22ClF5. The van der Waals surface area contributed by atoms with Crippen LogP contribution in [0.2, 0.25) is 0 Å². The zero-order chi connectivity index (χ0) is 15.2. The van der Waals surface area contributed by atoms with Crippen LogP contribution in [0.25, 0.3) is 0 Å². The smallest absolute Gasteiger partial charge is 0.196 e. The van der Waals surface area contributed by atoms with E-state index in [9.17, 15) is 22.0 Å². The lowest BCUT2D eigenvalue weighted by molar-refractivity contribution is -0.284. The van der Waals surface area contributed by atoms with Gasteiger partial charge in [-0.2, -0.15) is 22.0 Å². The Kier molecular flexibility index (Phi) is 7.63. The molecule has 0 aromatic heterocycles. The first-order chi connectivity index (χ1) is 8.52. The zero-order valence-electron chi connectivity index (χ0n) is 11.4. The Bertz CT molecular complexity index is 248. The van der Waals surface area contributed by atoms with Gasteiger partial charge in [0, 0.05) is 12.3 Å². The summed E-state index contributed by atoms with van der Waals surface area (Å²) >= 11 is 5.54. The molecule has 0 saturated heterocycles. The van der Waals surface area contributed by atoms with Crippen molar-refractivity contribution in [3.63, 3.8) is 0 Å². The molecule has 0 aromatic carbocycles. The third kappa shape index (κ3) is 7.95. The summed E-state index contributed by atoms with van der Waals surface area (Å²) in [5, 5.41) is 0. The average molecular weight is 309 g/mol. The molecule has 0 heterocycles. The Labute approximate surface area is 116 Å². The molecule has 116 valence electrons. The fourth-order valence-corrected chi connectivity index (χ4v) is 2.12. The molecule has 0 saturated carbocycles. The Hall–Kier alpha value is -0.0600. The van der Waals surface area contributed by atoms with E-state index in [1.165, 1.54) is 0 Å². The van der Waals surface area contributed by atoms with Crippen molar-refractivity contribution >= 4 is 11.6 Å². The lowest BCUT2D eigenvalue weighted by Gasteiger charge is -2.26. The monoisotopic (exact) mass is 308 g/mol. The Morgan fingerprint density at radius 1 is 0.737 bits per heavy atom. The Morgan fingerprint density at radius 3 is 1.74 bits per heavy atom. The average Bonchev–Trinajstić information content (AvgIpc) is 2.22. The van der Waals surface area contributed by atoms with Gasteiger partial charge in [-0.1, -0.05) is 26.7 Å². The van der Waals surface area contributed by atoms with Gasteiger partial charge in [-0.25, -0.2) is 0 Å². The number of rotatable bonds is 9. The minimum Gasteiger partial charge on any atom is -0.196 e. The van der Waals surface area contributed by atoms with Crippen LogP contribution in [-0.4, -0.2) is 18.0 Å². The Morgan fingerprint density at radius 2 is 1.26 bits per heavy atom. The molecule has 0 aliphatic heterocycles. The van der Waals surface area contributed by atoms with E-state index in [1.807, 2.05) is 13.8 Å². The molecule has 6 heteroatoms. The van der Waals surface area contributed by atoms with Crippen molar-refractivity contribution in [1.29, 1.82) is 0 Å². The van der Waals surface area contributed by atoms with Crippen LogP contribution in [0.1, 0.15) is 58.8 Å². The summed E-state index contributed by atoms with van der Waals surface area (Å²) in [6.45, 7) is 3.80. The maximum atomic E-state index is 12.7. The molecule has 0 aliphatic carbocycles. The van der Waals surface area contributed by atoms with Gasteiger partial charge in [0.05, 0.1) is 0 Å². The number of hydrogen-bond donors (Lipinski definition) is 0. The van der Waals surface area contributed by atoms with Crippen LogP contribution in [0.15, 0.2) is 0 Å². The molecule has 0 fully saturated rings. The predicted octanol–water partition coefficient (Wildman–Crippen LogP) is 6.18. The van der Waals surface area contributed by atoms with Gasteiger partial charge in [0.1, 0.15) is 0 Å². The number of hydrogen-bond acceptors (Lipinski definition) is 0. The number of halogens is 6. The summed E-state index contributed by atoms with van der Waals surface area (Å²) in [5.74, 6) is -3.97. The lowest BCUT2D eigenvalue weighted by atomic mass is 9.82. The second kappa shape index (κ2) is 7.65. The third-order valence-corrected chi connectivity index (χ3v) is 3.51. The fraction of sp³-hybridized carbons (Fsp3) is 1.00. The van der Waals surface area contributed by atoms with E-state index >= 15 is 0 Å². The van der Waals surface area contributed by atoms with E-state index in [2.05, 4.69) is 0 Å². The molecule has 0 bridgehead atoms. The molecule has 0 radical (unpaired) electrons. The summed E-state index contributed by atoms with van der Waals surface area (Å²) in [5.41, 5.74) is -0.200. The molecule has 19 heavy (non-hydrogen) atoms. The molecule has 0 amide bonds. The van der Waals surface area contributed by atoms with Crippen molar-refractivity contribution in [1.82, 2.24) is 0 Å². The first kappa shape index (κ1) is 18.9. The first-order valence-electron chi connectivity index (χ1n) is 6.52. The maximum Gasteiger partial charge on any atom is 0.453 e. The van der Waals surface area contributed by atoms with E-state index in [1.54, 1.807) is 0 Å². The molecule has 0 aromatic rings. The summed E-state index contributed by atoms with van der Waals surface area (Å²) in [7, 11) is 0. The highest BCUT2D eigenvalue weighted by atomic mass is 35.5. The van der Waals surface area contributed by atoms with E-state index in [-0.39, 0.29) is 11.8 Å². The van der Waals surface area contributed by atoms with Crippen molar-refractivity contribution in [2.75, 3.05) is 5.88 Å². The van der Waals surface area contributed by atoms with Crippen molar-refractivity contribution in [2.45, 2.75) is 70.9 Å². The molecule has 0 N–H and O–H groups in total. The SMILES string of the molecule is CC(C)(CCCCCCl)CCCC(F)(F)C(F)(F)F. The van der Waals surface area contributed by atoms with Gasteiger partial charge in [0.25, 0.3) is 0 Å². The van der Waals surface area contributed by atoms with Crippen molar-refractivity contribution in [2.24, 2.45) is 5.41 Å². The maximum absolute atomic E-state index is 12.7. The predicted molar refractivity (Wildman–Crippen MR) is 67.8 cm³/mol. The minimum atomic E-state index is -5.43. The summed E-state index contributed by atoms with van der Waals surface area (Å²) in [6, 6.07) is 0. The molecule has 0 atom stereocenters. The van der Waals surface area contributed by atoms with Gasteiger partial charge in [-0.3, -0.25) is 0 Å². The van der Waals surface area contributed by atoms with Gasteiger partial charge < -0.3 is 0 Å².